The molecule has 158 valence electrons. The lowest BCUT2D eigenvalue weighted by molar-refractivity contribution is -0.137. The molecule has 1 fully saturated rings. The smallest absolute Gasteiger partial charge is 0.353 e. The maximum absolute atomic E-state index is 12.8. The van der Waals surface area contributed by atoms with Gasteiger partial charge in [0, 0.05) is 38.9 Å². The van der Waals surface area contributed by atoms with Gasteiger partial charge in [0.05, 0.1) is 22.2 Å². The molecule has 0 spiro atoms. The van der Waals surface area contributed by atoms with Gasteiger partial charge in [0.25, 0.3) is 0 Å². The van der Waals surface area contributed by atoms with Crippen LogP contribution in [0.4, 0.5) is 19.0 Å². The zero-order valence-corrected chi connectivity index (χ0v) is 16.9. The van der Waals surface area contributed by atoms with Crippen LogP contribution in [0.5, 0.6) is 0 Å². The van der Waals surface area contributed by atoms with E-state index in [2.05, 4.69) is 26.7 Å². The number of aliphatic imine (C=N–C) groups is 1. The molecule has 2 heterocycles. The Morgan fingerprint density at radius 3 is 2.87 bits per heavy atom. The highest BCUT2D eigenvalue weighted by atomic mass is 35.5. The summed E-state index contributed by atoms with van der Waals surface area (Å²) in [7, 11) is 1.65. The summed E-state index contributed by atoms with van der Waals surface area (Å²) < 4.78 is 38.4. The lowest BCUT2D eigenvalue weighted by Crippen LogP contribution is -2.44. The Morgan fingerprint density at radius 2 is 2.20 bits per heavy atom. The Balaban J connectivity index is 1.57. The van der Waals surface area contributed by atoms with Crippen LogP contribution >= 0.6 is 11.6 Å². The van der Waals surface area contributed by atoms with Gasteiger partial charge in [-0.2, -0.15) is 18.4 Å². The molecule has 0 aliphatic carbocycles. The van der Waals surface area contributed by atoms with Crippen LogP contribution in [-0.4, -0.2) is 37.1 Å². The molecule has 2 aromatic rings. The number of hydrogen-bond donors (Lipinski definition) is 2. The molecule has 3 rings (SSSR count). The van der Waals surface area contributed by atoms with Crippen molar-refractivity contribution in [1.82, 2.24) is 15.6 Å². The predicted molar refractivity (Wildman–Crippen MR) is 109 cm³/mol. The highest BCUT2D eigenvalue weighted by Gasteiger charge is 2.33. The van der Waals surface area contributed by atoms with Crippen molar-refractivity contribution >= 4 is 23.4 Å². The molecule has 1 aliphatic heterocycles. The van der Waals surface area contributed by atoms with Crippen LogP contribution in [0.2, 0.25) is 5.02 Å². The van der Waals surface area contributed by atoms with Crippen molar-refractivity contribution in [2.45, 2.75) is 25.2 Å². The van der Waals surface area contributed by atoms with Gasteiger partial charge in [-0.15, -0.1) is 0 Å². The third-order valence-corrected chi connectivity index (χ3v) is 5.00. The van der Waals surface area contributed by atoms with Gasteiger partial charge in [0.1, 0.15) is 5.82 Å². The van der Waals surface area contributed by atoms with Crippen LogP contribution in [0.15, 0.2) is 41.5 Å². The minimum atomic E-state index is -4.48. The monoisotopic (exact) mass is 436 g/mol. The number of alkyl halides is 3. The van der Waals surface area contributed by atoms with Crippen molar-refractivity contribution in [3.05, 3.63) is 58.2 Å². The van der Waals surface area contributed by atoms with E-state index in [9.17, 15) is 13.2 Å². The van der Waals surface area contributed by atoms with Gasteiger partial charge < -0.3 is 15.5 Å². The molecule has 1 unspecified atom stereocenters. The van der Waals surface area contributed by atoms with Crippen LogP contribution in [0.1, 0.15) is 23.1 Å². The van der Waals surface area contributed by atoms with Crippen molar-refractivity contribution < 1.29 is 13.2 Å². The quantitative estimate of drug-likeness (QED) is 0.566. The minimum absolute atomic E-state index is 0.0228. The summed E-state index contributed by atoms with van der Waals surface area (Å²) in [6.07, 6.45) is -2.92. The minimum Gasteiger partial charge on any atom is -0.353 e. The van der Waals surface area contributed by atoms with Crippen LogP contribution in [-0.2, 0) is 12.7 Å². The second-order valence-electron chi connectivity index (χ2n) is 6.84. The van der Waals surface area contributed by atoms with Crippen molar-refractivity contribution in [2.24, 2.45) is 4.99 Å². The van der Waals surface area contributed by atoms with E-state index in [4.69, 9.17) is 16.9 Å². The molecule has 1 aliphatic rings. The number of nitrogens with one attached hydrogen (secondary N) is 2. The molecule has 1 aromatic heterocycles. The van der Waals surface area contributed by atoms with Gasteiger partial charge >= 0.3 is 6.18 Å². The molecule has 6 nitrogen and oxygen atoms in total. The summed E-state index contributed by atoms with van der Waals surface area (Å²) in [5, 5.41) is 15.5. The van der Waals surface area contributed by atoms with Crippen LogP contribution < -0.4 is 15.5 Å². The molecule has 2 N–H and O–H groups in total. The Hall–Kier alpha value is -2.99. The molecular formula is C20H20ClF3N6. The van der Waals surface area contributed by atoms with Crippen molar-refractivity contribution in [3.8, 4) is 6.07 Å². The third-order valence-electron chi connectivity index (χ3n) is 4.72. The van der Waals surface area contributed by atoms with Gasteiger partial charge in [-0.1, -0.05) is 23.7 Å². The molecule has 0 amide bonds. The fourth-order valence-electron chi connectivity index (χ4n) is 3.21. The van der Waals surface area contributed by atoms with Crippen molar-refractivity contribution in [1.29, 1.82) is 5.26 Å². The Bertz CT molecular complexity index is 970. The summed E-state index contributed by atoms with van der Waals surface area (Å²) >= 11 is 6.05. The molecule has 0 saturated carbocycles. The van der Waals surface area contributed by atoms with Crippen LogP contribution in [0.25, 0.3) is 0 Å². The largest absolute Gasteiger partial charge is 0.417 e. The van der Waals surface area contributed by atoms with Gasteiger partial charge in [-0.3, -0.25) is 4.99 Å². The molecular weight excluding hydrogens is 417 g/mol. The lowest BCUT2D eigenvalue weighted by Gasteiger charge is -2.21. The molecule has 10 heteroatoms. The number of guanidine groups is 1. The standard InChI is InChI=1S/C20H20ClF3N6/c1-26-19(28-10-14-4-2-3-13(7-14)9-25)29-16-5-6-30(12-16)18-17(21)8-15(11-27-18)20(22,23)24/h2-4,7-8,11,16H,5-6,10,12H2,1H3,(H2,26,28,29). The fraction of sp³-hybridized carbons (Fsp3) is 0.350. The number of pyridine rings is 1. The Morgan fingerprint density at radius 1 is 1.40 bits per heavy atom. The predicted octanol–water partition coefficient (Wildman–Crippen LogP) is 3.57. The summed E-state index contributed by atoms with van der Waals surface area (Å²) in [6.45, 7) is 1.64. The van der Waals surface area contributed by atoms with Crippen LogP contribution in [0.3, 0.4) is 0 Å². The first-order chi connectivity index (χ1) is 14.3. The fourth-order valence-corrected chi connectivity index (χ4v) is 3.50. The first-order valence-corrected chi connectivity index (χ1v) is 9.62. The van der Waals surface area contributed by atoms with E-state index in [0.29, 0.717) is 37.0 Å². The average Bonchev–Trinajstić information content (AvgIpc) is 3.18. The number of benzene rings is 1. The summed E-state index contributed by atoms with van der Waals surface area (Å²) in [5.41, 5.74) is 0.672. The number of nitrogens with zero attached hydrogens (tertiary/aromatic N) is 4. The lowest BCUT2D eigenvalue weighted by atomic mass is 10.1. The van der Waals surface area contributed by atoms with Crippen molar-refractivity contribution in [3.63, 3.8) is 0 Å². The van der Waals surface area contributed by atoms with Gasteiger partial charge in [0.15, 0.2) is 5.96 Å². The first-order valence-electron chi connectivity index (χ1n) is 9.24. The number of rotatable bonds is 4. The van der Waals surface area contributed by atoms with Crippen LogP contribution in [0, 0.1) is 11.3 Å². The summed E-state index contributed by atoms with van der Waals surface area (Å²) in [4.78, 5) is 9.99. The van der Waals surface area contributed by atoms with E-state index < -0.39 is 11.7 Å². The van der Waals surface area contributed by atoms with E-state index in [0.717, 1.165) is 24.2 Å². The highest BCUT2D eigenvalue weighted by molar-refractivity contribution is 6.33. The third kappa shape index (κ3) is 5.33. The second kappa shape index (κ2) is 9.22. The maximum Gasteiger partial charge on any atom is 0.417 e. The number of anilines is 1. The Kier molecular flexibility index (Phi) is 6.67. The number of hydrogen-bond acceptors (Lipinski definition) is 4. The van der Waals surface area contributed by atoms with E-state index in [-0.39, 0.29) is 11.1 Å². The molecule has 0 radical (unpaired) electrons. The maximum atomic E-state index is 12.8. The number of nitriles is 1. The number of halogens is 4. The van der Waals surface area contributed by atoms with Gasteiger partial charge in [0.2, 0.25) is 0 Å². The molecule has 30 heavy (non-hydrogen) atoms. The van der Waals surface area contributed by atoms with E-state index in [1.165, 1.54) is 0 Å². The van der Waals surface area contributed by atoms with E-state index >= 15 is 0 Å². The zero-order valence-electron chi connectivity index (χ0n) is 16.2. The first kappa shape index (κ1) is 21.7. The molecule has 0 bridgehead atoms. The normalized spacial score (nSPS) is 17.0. The summed E-state index contributed by atoms with van der Waals surface area (Å²) in [6, 6.07) is 10.3. The summed E-state index contributed by atoms with van der Waals surface area (Å²) in [5.74, 6) is 0.931. The van der Waals surface area contributed by atoms with E-state index in [1.807, 2.05) is 17.0 Å². The number of aromatic nitrogens is 1. The SMILES string of the molecule is CN=C(NCc1cccc(C#N)c1)NC1CCN(c2ncc(C(F)(F)F)cc2Cl)C1. The highest BCUT2D eigenvalue weighted by Crippen LogP contribution is 2.34. The average molecular weight is 437 g/mol. The van der Waals surface area contributed by atoms with Gasteiger partial charge in [-0.25, -0.2) is 4.98 Å². The Labute approximate surface area is 177 Å². The second-order valence-corrected chi connectivity index (χ2v) is 7.25. The molecule has 1 aromatic carbocycles. The zero-order chi connectivity index (χ0) is 21.7. The van der Waals surface area contributed by atoms with Crippen molar-refractivity contribution in [2.75, 3.05) is 25.0 Å². The van der Waals surface area contributed by atoms with Gasteiger partial charge in [-0.05, 0) is 30.2 Å². The molecule has 1 saturated heterocycles. The topological polar surface area (TPSA) is 76.3 Å². The molecule has 1 atom stereocenters. The van der Waals surface area contributed by atoms with E-state index in [1.54, 1.807) is 19.2 Å².